The van der Waals surface area contributed by atoms with Gasteiger partial charge in [0.15, 0.2) is 0 Å². The second-order valence-electron chi connectivity index (χ2n) is 4.84. The third kappa shape index (κ3) is 2.22. The number of fused-ring (bicyclic) bond motifs is 3. The number of hydrogen-bond acceptors (Lipinski definition) is 3. The molecule has 0 radical (unpaired) electrons. The van der Waals surface area contributed by atoms with E-state index in [1.54, 1.807) is 11.3 Å². The van der Waals surface area contributed by atoms with Crippen LogP contribution >= 0.6 is 11.3 Å². The molecule has 0 saturated carbocycles. The van der Waals surface area contributed by atoms with Crippen LogP contribution < -0.4 is 0 Å². The number of nitrogens with zero attached hydrogens (tertiary/aromatic N) is 2. The predicted octanol–water partition coefficient (Wildman–Crippen LogP) is 4.12. The van der Waals surface area contributed by atoms with Crippen LogP contribution in [0, 0.1) is 0 Å². The van der Waals surface area contributed by atoms with Crippen molar-refractivity contribution in [1.29, 1.82) is 0 Å². The van der Waals surface area contributed by atoms with Crippen molar-refractivity contribution in [3.63, 3.8) is 0 Å². The van der Waals surface area contributed by atoms with Gasteiger partial charge in [-0.25, -0.2) is 0 Å². The van der Waals surface area contributed by atoms with Gasteiger partial charge in [0, 0.05) is 0 Å². The van der Waals surface area contributed by atoms with Gasteiger partial charge in [-0.3, -0.25) is 0 Å². The Morgan fingerprint density at radius 3 is 2.95 bits per heavy atom. The summed E-state index contributed by atoms with van der Waals surface area (Å²) in [6.07, 6.45) is 2.88. The molecule has 0 aliphatic carbocycles. The molecule has 0 saturated heterocycles. The monoisotopic (exact) mass is 280 g/mol. The molecule has 1 N–H and O–H groups in total. The molecular weight excluding hydrogens is 265 g/mol. The molecule has 0 aliphatic rings. The van der Waals surface area contributed by atoms with E-state index >= 15 is 0 Å². The van der Waals surface area contributed by atoms with Crippen LogP contribution in [0.5, 0.6) is 0 Å². The fraction of sp³-hybridized carbons (Fsp3) is 0.267. The van der Waals surface area contributed by atoms with E-state index in [0.717, 1.165) is 45.3 Å². The van der Waals surface area contributed by atoms with Gasteiger partial charge in [-0.1, -0.05) is 0 Å². The van der Waals surface area contributed by atoms with Crippen molar-refractivity contribution in [2.45, 2.75) is 26.1 Å². The number of aryl methyl sites for hydroxylation is 1. The van der Waals surface area contributed by atoms with Crippen LogP contribution in [0.3, 0.4) is 0 Å². The predicted molar refractivity (Wildman–Crippen MR) is 89.5 cm³/mol. The quantitative estimate of drug-likeness (QED) is 0.675. The second kappa shape index (κ2) is 5.33. The molecule has 100 valence electrons. The Balaban J connectivity index is 2.29. The Morgan fingerprint density at radius 2 is 2.20 bits per heavy atom. The zero-order valence-corrected chi connectivity index (χ0v) is 12.3. The van der Waals surface area contributed by atoms with Gasteiger partial charge < -0.3 is 0 Å². The summed E-state index contributed by atoms with van der Waals surface area (Å²) in [7, 11) is 0. The number of thiazole rings is 1. The van der Waals surface area contributed by atoms with Crippen LogP contribution in [0.4, 0.5) is 5.82 Å². The molecule has 2 aromatic heterocycles. The van der Waals surface area contributed by atoms with Crippen molar-refractivity contribution in [3.05, 3.63) is 34.5 Å². The van der Waals surface area contributed by atoms with Crippen molar-refractivity contribution < 1.29 is 0 Å². The molecule has 0 fully saturated rings. The molecule has 2 heterocycles. The number of pyridine rings is 1. The van der Waals surface area contributed by atoms with Crippen molar-refractivity contribution in [3.8, 4) is 0 Å². The Bertz CT molecular complexity index is 795. The van der Waals surface area contributed by atoms with Gasteiger partial charge >= 0.3 is 122 Å². The first kappa shape index (κ1) is 13.2. The molecule has 5 heteroatoms. The van der Waals surface area contributed by atoms with Gasteiger partial charge in [-0.15, -0.1) is 0 Å². The third-order valence-electron chi connectivity index (χ3n) is 3.28. The number of nitrogens with one attached hydrogen (secondary N) is 1. The summed E-state index contributed by atoms with van der Waals surface area (Å²) >= 11 is 1.70. The summed E-state index contributed by atoms with van der Waals surface area (Å²) < 4.78 is 1.09. The van der Waals surface area contributed by atoms with Gasteiger partial charge in [-0.2, -0.15) is 0 Å². The summed E-state index contributed by atoms with van der Waals surface area (Å²) in [6.45, 7) is 7.83. The first-order valence-corrected chi connectivity index (χ1v) is 7.59. The van der Waals surface area contributed by atoms with Gasteiger partial charge in [0.1, 0.15) is 0 Å². The first-order valence-electron chi connectivity index (χ1n) is 6.77. The van der Waals surface area contributed by atoms with Crippen LogP contribution in [-0.4, -0.2) is 23.4 Å². The van der Waals surface area contributed by atoms with E-state index < -0.39 is 0 Å². The van der Waals surface area contributed by atoms with Crippen molar-refractivity contribution in [1.82, 2.24) is 9.97 Å². The maximum absolute atomic E-state index is 8.04. The van der Waals surface area contributed by atoms with Crippen molar-refractivity contribution >= 4 is 51.7 Å². The summed E-state index contributed by atoms with van der Waals surface area (Å²) in [5, 5.41) is 2.20. The zero-order chi connectivity index (χ0) is 14.1. The number of aromatic nitrogens is 2. The topological polar surface area (TPSA) is 49.6 Å². The molecule has 0 aliphatic heterocycles. The van der Waals surface area contributed by atoms with E-state index in [-0.39, 0.29) is 5.82 Å². The molecule has 0 spiro atoms. The molecule has 20 heavy (non-hydrogen) atoms. The molecule has 0 bridgehead atoms. The summed E-state index contributed by atoms with van der Waals surface area (Å²) in [5.74, 6) is 0.280. The van der Waals surface area contributed by atoms with E-state index in [1.165, 1.54) is 5.56 Å². The van der Waals surface area contributed by atoms with Gasteiger partial charge in [0.05, 0.1) is 0 Å². The minimum atomic E-state index is 0.280. The molecule has 0 amide bonds. The molecule has 3 aromatic rings. The van der Waals surface area contributed by atoms with E-state index in [2.05, 4.69) is 35.5 Å². The van der Waals surface area contributed by atoms with Crippen LogP contribution in [0.15, 0.2) is 18.2 Å². The first-order chi connectivity index (χ1) is 9.72. The normalized spacial score (nSPS) is 11.1. The maximum atomic E-state index is 8.04. The molecule has 3 rings (SSSR count). The Hall–Kier alpha value is -1.75. The fourth-order valence-electron chi connectivity index (χ4n) is 2.36. The van der Waals surface area contributed by atoms with Crippen LogP contribution in [0.2, 0.25) is 0 Å². The number of hydrogen-bond donors (Lipinski definition) is 0. The van der Waals surface area contributed by atoms with Crippen molar-refractivity contribution in [2.24, 2.45) is 0 Å². The Kier molecular flexibility index (Phi) is 3.53. The van der Waals surface area contributed by atoms with E-state index in [0.29, 0.717) is 0 Å². The second-order valence-corrected chi connectivity index (χ2v) is 5.92. The molecule has 0 unspecified atom stereocenters. The summed E-state index contributed by atoms with van der Waals surface area (Å²) in [4.78, 5) is 8.94. The number of rotatable bonds is 4. The van der Waals surface area contributed by atoms with E-state index in [4.69, 9.17) is 5.73 Å². The van der Waals surface area contributed by atoms with Crippen LogP contribution in [-0.2, 0) is 12.7 Å². The molecule has 3 nitrogen and oxygen atoms in total. The van der Waals surface area contributed by atoms with E-state index in [9.17, 15) is 0 Å². The fourth-order valence-corrected chi connectivity index (χ4v) is 3.55. The third-order valence-corrected chi connectivity index (χ3v) is 4.43. The molecule has 1 aromatic carbocycles. The average molecular weight is 280 g/mol. The summed E-state index contributed by atoms with van der Waals surface area (Å²) in [5.41, 5.74) is 10.9. The zero-order valence-electron chi connectivity index (χ0n) is 11.4. The van der Waals surface area contributed by atoms with Gasteiger partial charge in [0.2, 0.25) is 0 Å². The summed E-state index contributed by atoms with van der Waals surface area (Å²) in [6, 6.07) is 6.20. The van der Waals surface area contributed by atoms with Crippen LogP contribution in [0.1, 0.15) is 23.9 Å². The van der Waals surface area contributed by atoms with Crippen LogP contribution in [0.25, 0.3) is 26.9 Å². The van der Waals surface area contributed by atoms with E-state index in [1.807, 2.05) is 13.0 Å². The van der Waals surface area contributed by atoms with Gasteiger partial charge in [-0.05, 0) is 0 Å². The van der Waals surface area contributed by atoms with Crippen molar-refractivity contribution in [2.75, 3.05) is 0 Å². The standard InChI is InChI=1S/C15H15BN3S/c1-3-4-12-19-13-14(20-12)10-7-9(8-16-2)5-6-11(10)18-15(13)17/h5-7H,2-4,8H2,1H3,(H-,17,18)/q-1. The minimum absolute atomic E-state index is 0.280. The molecular formula is C15H15BN3S-. The Labute approximate surface area is 122 Å². The average Bonchev–Trinajstić information content (AvgIpc) is 2.85. The number of benzene rings is 1. The molecule has 0 atom stereocenters. The SMILES string of the molecule is C=BCc1ccc2nc([NH-])c3nc(CCC)sc3c2c1. The van der Waals surface area contributed by atoms with Gasteiger partial charge in [0.25, 0.3) is 0 Å². The Morgan fingerprint density at radius 1 is 1.35 bits per heavy atom.